The first-order valence-electron chi connectivity index (χ1n) is 12.3. The lowest BCUT2D eigenvalue weighted by Gasteiger charge is -2.27. The lowest BCUT2D eigenvalue weighted by molar-refractivity contribution is 0.0721. The molecule has 1 aliphatic heterocycles. The third kappa shape index (κ3) is 6.03. The second-order valence-corrected chi connectivity index (χ2v) is 8.75. The Labute approximate surface area is 217 Å². The first-order chi connectivity index (χ1) is 18.0. The highest BCUT2D eigenvalue weighted by molar-refractivity contribution is 5.99. The van der Waals surface area contributed by atoms with Crippen LogP contribution in [0.2, 0.25) is 0 Å². The number of anilines is 1. The summed E-state index contributed by atoms with van der Waals surface area (Å²) in [6, 6.07) is 20.7. The maximum absolute atomic E-state index is 13.0. The van der Waals surface area contributed by atoms with Crippen LogP contribution in [0.15, 0.2) is 66.7 Å². The molecule has 2 N–H and O–H groups in total. The number of nitrogens with zero attached hydrogens (tertiary/aromatic N) is 1. The van der Waals surface area contributed by atoms with Crippen LogP contribution in [0.5, 0.6) is 11.5 Å². The summed E-state index contributed by atoms with van der Waals surface area (Å²) in [4.78, 5) is 27.5. The van der Waals surface area contributed by atoms with Crippen LogP contribution in [0.4, 0.5) is 5.69 Å². The number of hydrogen-bond acceptors (Lipinski definition) is 6. The molecule has 4 rings (SSSR count). The molecular formula is C29H33N3O5. The fraction of sp³-hybridized carbons (Fsp3) is 0.310. The van der Waals surface area contributed by atoms with Gasteiger partial charge in [-0.05, 0) is 60.9 Å². The molecule has 2 amide bonds. The molecule has 37 heavy (non-hydrogen) atoms. The summed E-state index contributed by atoms with van der Waals surface area (Å²) in [5.41, 5.74) is 4.09. The zero-order valence-electron chi connectivity index (χ0n) is 21.5. The molecule has 0 saturated heterocycles. The SMILES string of the molecule is COCCCN1C(=O)c2ccccc2C1Nc1ccc(C(=O)NCCc2ccc(OC)c(OC)c2)cc1. The van der Waals surface area contributed by atoms with Crippen molar-refractivity contribution in [1.82, 2.24) is 10.2 Å². The second-order valence-electron chi connectivity index (χ2n) is 8.75. The number of carbonyl (C=O) groups excluding carboxylic acids is 2. The summed E-state index contributed by atoms with van der Waals surface area (Å²) in [5.74, 6) is 1.20. The summed E-state index contributed by atoms with van der Waals surface area (Å²) < 4.78 is 15.8. The van der Waals surface area contributed by atoms with Crippen molar-refractivity contribution in [3.8, 4) is 11.5 Å². The average Bonchev–Trinajstić information content (AvgIpc) is 3.19. The van der Waals surface area contributed by atoms with E-state index in [0.29, 0.717) is 48.7 Å². The molecule has 1 unspecified atom stereocenters. The maximum Gasteiger partial charge on any atom is 0.256 e. The number of methoxy groups -OCH3 is 3. The third-order valence-electron chi connectivity index (χ3n) is 6.40. The number of fused-ring (bicyclic) bond motifs is 1. The molecule has 3 aromatic carbocycles. The van der Waals surface area contributed by atoms with Crippen molar-refractivity contribution in [2.45, 2.75) is 19.0 Å². The van der Waals surface area contributed by atoms with Gasteiger partial charge in [-0.25, -0.2) is 0 Å². The van der Waals surface area contributed by atoms with E-state index >= 15 is 0 Å². The Hall–Kier alpha value is -4.04. The van der Waals surface area contributed by atoms with E-state index in [0.717, 1.165) is 23.2 Å². The van der Waals surface area contributed by atoms with Crippen molar-refractivity contribution >= 4 is 17.5 Å². The summed E-state index contributed by atoms with van der Waals surface area (Å²) in [5, 5.41) is 6.43. The molecule has 0 radical (unpaired) electrons. The van der Waals surface area contributed by atoms with Crippen LogP contribution in [0, 0.1) is 0 Å². The van der Waals surface area contributed by atoms with Crippen LogP contribution in [0.1, 0.15) is 44.4 Å². The number of nitrogens with one attached hydrogen (secondary N) is 2. The van der Waals surface area contributed by atoms with Crippen LogP contribution >= 0.6 is 0 Å². The Kier molecular flexibility index (Phi) is 8.64. The largest absolute Gasteiger partial charge is 0.493 e. The van der Waals surface area contributed by atoms with Gasteiger partial charge in [0.25, 0.3) is 11.8 Å². The van der Waals surface area contributed by atoms with E-state index in [1.807, 2.05) is 59.5 Å². The van der Waals surface area contributed by atoms with Crippen molar-refractivity contribution in [3.05, 3.63) is 89.0 Å². The van der Waals surface area contributed by atoms with Gasteiger partial charge in [-0.1, -0.05) is 24.3 Å². The molecule has 1 atom stereocenters. The minimum atomic E-state index is -0.276. The van der Waals surface area contributed by atoms with Gasteiger partial charge in [-0.3, -0.25) is 9.59 Å². The van der Waals surface area contributed by atoms with E-state index in [2.05, 4.69) is 10.6 Å². The third-order valence-corrected chi connectivity index (χ3v) is 6.40. The van der Waals surface area contributed by atoms with Crippen molar-refractivity contribution in [2.24, 2.45) is 0 Å². The average molecular weight is 504 g/mol. The minimum absolute atomic E-state index is 0.00896. The van der Waals surface area contributed by atoms with Gasteiger partial charge in [0.05, 0.1) is 14.2 Å². The number of amides is 2. The summed E-state index contributed by atoms with van der Waals surface area (Å²) in [6.07, 6.45) is 1.14. The smallest absolute Gasteiger partial charge is 0.256 e. The van der Waals surface area contributed by atoms with E-state index in [-0.39, 0.29) is 18.0 Å². The van der Waals surface area contributed by atoms with Crippen molar-refractivity contribution in [1.29, 1.82) is 0 Å². The molecule has 0 spiro atoms. The standard InChI is InChI=1S/C29H33N3O5/c1-35-18-6-17-32-27(23-7-4-5-8-24(23)29(32)34)31-22-12-10-21(11-13-22)28(33)30-16-15-20-9-14-25(36-2)26(19-20)37-3/h4-5,7-14,19,27,31H,6,15-18H2,1-3H3,(H,30,33). The van der Waals surface area contributed by atoms with E-state index in [1.54, 1.807) is 33.5 Å². The quantitative estimate of drug-likeness (QED) is 0.359. The van der Waals surface area contributed by atoms with Gasteiger partial charge in [0, 0.05) is 49.2 Å². The number of ether oxygens (including phenoxy) is 3. The minimum Gasteiger partial charge on any atom is -0.493 e. The first kappa shape index (κ1) is 26.0. The predicted octanol–water partition coefficient (Wildman–Crippen LogP) is 4.28. The van der Waals surface area contributed by atoms with E-state index in [4.69, 9.17) is 14.2 Å². The normalized spacial score (nSPS) is 14.3. The van der Waals surface area contributed by atoms with Gasteiger partial charge in [-0.15, -0.1) is 0 Å². The Bertz CT molecular complexity index is 1230. The molecule has 0 saturated carbocycles. The van der Waals surface area contributed by atoms with Crippen molar-refractivity contribution < 1.29 is 23.8 Å². The molecule has 0 aliphatic carbocycles. The van der Waals surface area contributed by atoms with E-state index in [9.17, 15) is 9.59 Å². The molecule has 8 heteroatoms. The fourth-order valence-electron chi connectivity index (χ4n) is 4.47. The van der Waals surface area contributed by atoms with Crippen LogP contribution in [-0.2, 0) is 11.2 Å². The van der Waals surface area contributed by atoms with Crippen LogP contribution in [0.3, 0.4) is 0 Å². The summed E-state index contributed by atoms with van der Waals surface area (Å²) in [6.45, 7) is 1.66. The van der Waals surface area contributed by atoms with Gasteiger partial charge in [0.15, 0.2) is 11.5 Å². The van der Waals surface area contributed by atoms with Crippen LogP contribution in [-0.4, -0.2) is 57.7 Å². The highest BCUT2D eigenvalue weighted by atomic mass is 16.5. The molecule has 3 aromatic rings. The molecule has 0 aromatic heterocycles. The maximum atomic E-state index is 13.0. The number of carbonyl (C=O) groups is 2. The van der Waals surface area contributed by atoms with Gasteiger partial charge in [0.1, 0.15) is 6.17 Å². The van der Waals surface area contributed by atoms with Crippen LogP contribution < -0.4 is 20.1 Å². The highest BCUT2D eigenvalue weighted by Gasteiger charge is 2.36. The summed E-state index contributed by atoms with van der Waals surface area (Å²) in [7, 11) is 4.86. The molecule has 0 bridgehead atoms. The first-order valence-corrected chi connectivity index (χ1v) is 12.3. The summed E-state index contributed by atoms with van der Waals surface area (Å²) >= 11 is 0. The molecular weight excluding hydrogens is 470 g/mol. The van der Waals surface area contributed by atoms with E-state index in [1.165, 1.54) is 0 Å². The lowest BCUT2D eigenvalue weighted by Crippen LogP contribution is -2.33. The Morgan fingerprint density at radius 2 is 1.70 bits per heavy atom. The number of rotatable bonds is 12. The number of hydrogen-bond donors (Lipinski definition) is 2. The second kappa shape index (κ2) is 12.3. The van der Waals surface area contributed by atoms with Gasteiger partial charge in [0.2, 0.25) is 0 Å². The fourth-order valence-corrected chi connectivity index (χ4v) is 4.47. The highest BCUT2D eigenvalue weighted by Crippen LogP contribution is 2.34. The number of benzene rings is 3. The van der Waals surface area contributed by atoms with Crippen LogP contribution in [0.25, 0.3) is 0 Å². The monoisotopic (exact) mass is 503 g/mol. The van der Waals surface area contributed by atoms with E-state index < -0.39 is 0 Å². The zero-order valence-corrected chi connectivity index (χ0v) is 21.5. The molecule has 0 fully saturated rings. The van der Waals surface area contributed by atoms with Crippen molar-refractivity contribution in [3.63, 3.8) is 0 Å². The van der Waals surface area contributed by atoms with Gasteiger partial charge >= 0.3 is 0 Å². The van der Waals surface area contributed by atoms with Crippen molar-refractivity contribution in [2.75, 3.05) is 46.3 Å². The Morgan fingerprint density at radius 1 is 0.946 bits per heavy atom. The zero-order chi connectivity index (χ0) is 26.2. The lowest BCUT2D eigenvalue weighted by atomic mass is 10.1. The van der Waals surface area contributed by atoms with Gasteiger partial charge in [-0.2, -0.15) is 0 Å². The molecule has 8 nitrogen and oxygen atoms in total. The molecule has 1 heterocycles. The predicted molar refractivity (Wildman–Crippen MR) is 142 cm³/mol. The molecule has 194 valence electrons. The Balaban J connectivity index is 1.36. The Morgan fingerprint density at radius 3 is 2.43 bits per heavy atom. The molecule has 1 aliphatic rings. The van der Waals surface area contributed by atoms with Gasteiger partial charge < -0.3 is 29.7 Å². The topological polar surface area (TPSA) is 89.1 Å².